The molecule has 12 heteroatoms. The van der Waals surface area contributed by atoms with E-state index in [0.29, 0.717) is 35.0 Å². The molecule has 3 aromatic heterocycles. The molecule has 0 bridgehead atoms. The molecule has 2 aliphatic rings. The topological polar surface area (TPSA) is 110 Å². The van der Waals surface area contributed by atoms with E-state index in [1.54, 1.807) is 36.7 Å². The summed E-state index contributed by atoms with van der Waals surface area (Å²) in [5, 5.41) is 8.14. The van der Waals surface area contributed by atoms with Crippen LogP contribution >= 0.6 is 0 Å². The highest BCUT2D eigenvalue weighted by Gasteiger charge is 2.25. The van der Waals surface area contributed by atoms with E-state index in [9.17, 15) is 4.79 Å². The van der Waals surface area contributed by atoms with Crippen molar-refractivity contribution in [2.75, 3.05) is 36.4 Å². The van der Waals surface area contributed by atoms with E-state index in [-0.39, 0.29) is 11.6 Å². The van der Waals surface area contributed by atoms with Crippen LogP contribution in [0.25, 0.3) is 16.8 Å². The van der Waals surface area contributed by atoms with E-state index >= 15 is 0 Å². The van der Waals surface area contributed by atoms with Gasteiger partial charge >= 0.3 is 0 Å². The normalized spacial score (nSPS) is 13.8. The fourth-order valence-electron chi connectivity index (χ4n) is 6.21. The van der Waals surface area contributed by atoms with Gasteiger partial charge in [0.1, 0.15) is 13.5 Å². The van der Waals surface area contributed by atoms with E-state index in [2.05, 4.69) is 43.7 Å². The van der Waals surface area contributed by atoms with Gasteiger partial charge in [0.2, 0.25) is 5.88 Å². The van der Waals surface area contributed by atoms with Gasteiger partial charge in [-0.1, -0.05) is 36.3 Å². The van der Waals surface area contributed by atoms with Gasteiger partial charge in [-0.3, -0.25) is 9.78 Å². The highest BCUT2D eigenvalue weighted by atomic mass is 16.7. The lowest BCUT2D eigenvalue weighted by molar-refractivity contribution is 0.102. The van der Waals surface area contributed by atoms with Gasteiger partial charge in [0.15, 0.2) is 11.6 Å². The van der Waals surface area contributed by atoms with Gasteiger partial charge in [-0.2, -0.15) is 0 Å². The van der Waals surface area contributed by atoms with Gasteiger partial charge < -0.3 is 29.7 Å². The van der Waals surface area contributed by atoms with Gasteiger partial charge in [0, 0.05) is 73.7 Å². The third-order valence-electron chi connectivity index (χ3n) is 8.89. The molecule has 0 atom stereocenters. The first kappa shape index (κ1) is 31.0. The number of hydrogen-bond acceptors (Lipinski definition) is 9. The fraction of sp³-hybridized carbons (Fsp3) is 0.222. The van der Waals surface area contributed by atoms with Gasteiger partial charge in [-0.15, -0.1) is 0 Å². The first-order chi connectivity index (χ1) is 23.2. The summed E-state index contributed by atoms with van der Waals surface area (Å²) in [6.45, 7) is 8.54. The average Bonchev–Trinajstić information content (AvgIpc) is 3.67. The Morgan fingerprint density at radius 2 is 1.81 bits per heavy atom. The highest BCUT2D eigenvalue weighted by molar-refractivity contribution is 6.39. The molecule has 0 unspecified atom stereocenters. The van der Waals surface area contributed by atoms with Crippen LogP contribution in [-0.4, -0.2) is 58.9 Å². The Balaban J connectivity index is 1.08. The summed E-state index contributed by atoms with van der Waals surface area (Å²) < 4.78 is 7.35. The Hall–Kier alpha value is -5.62. The van der Waals surface area contributed by atoms with Gasteiger partial charge in [0.05, 0.1) is 30.7 Å². The maximum atomic E-state index is 13.4. The Morgan fingerprint density at radius 3 is 2.62 bits per heavy atom. The number of carbonyl (C=O) groups excluding carboxylic acids is 1. The van der Waals surface area contributed by atoms with E-state index < -0.39 is 0 Å². The molecule has 2 aliphatic heterocycles. The first-order valence-corrected chi connectivity index (χ1v) is 15.6. The number of hydroxylamine groups is 1. The Kier molecular flexibility index (Phi) is 8.10. The Morgan fingerprint density at radius 1 is 1.02 bits per heavy atom. The molecule has 0 spiro atoms. The van der Waals surface area contributed by atoms with Crippen molar-refractivity contribution in [1.82, 2.24) is 24.4 Å². The largest absolute Gasteiger partial charge is 0.481 e. The summed E-state index contributed by atoms with van der Waals surface area (Å²) >= 11 is 0. The van der Waals surface area contributed by atoms with Crippen LogP contribution in [0.15, 0.2) is 73.6 Å². The predicted octanol–water partition coefficient (Wildman–Crippen LogP) is 4.62. The maximum absolute atomic E-state index is 13.4. The summed E-state index contributed by atoms with van der Waals surface area (Å²) in [5.41, 5.74) is 9.40. The lowest BCUT2D eigenvalue weighted by Gasteiger charge is -2.21. The molecule has 0 fully saturated rings. The predicted molar refractivity (Wildman–Crippen MR) is 188 cm³/mol. The third-order valence-corrected chi connectivity index (χ3v) is 8.89. The van der Waals surface area contributed by atoms with Crippen LogP contribution in [0.1, 0.15) is 38.8 Å². The molecule has 2 radical (unpaired) electrons. The number of methoxy groups -OCH3 is 1. The van der Waals surface area contributed by atoms with Crippen LogP contribution in [-0.2, 0) is 26.6 Å². The molecule has 48 heavy (non-hydrogen) atoms. The Bertz CT molecular complexity index is 2080. The standard InChI is InChI=1S/C36H35BN8O3/c1-21-25(26-9-7-11-28(34(26)37)40-22(2)35-41-30-20-43(3)15-13-31(30)44(35)4)8-6-10-27(21)42-36(46)29-17-32-23(18-39-29)19-45(48-32)24-12-14-38-33(16-24)47-5/h6-12,14,16-18,40H,2,13,15,19-20H2,1,3-5H3,(H,42,46). The van der Waals surface area contributed by atoms with Crippen LogP contribution in [0.2, 0.25) is 0 Å². The first-order valence-electron chi connectivity index (χ1n) is 15.6. The van der Waals surface area contributed by atoms with Crippen LogP contribution < -0.4 is 30.7 Å². The number of nitrogens with zero attached hydrogens (tertiary/aromatic N) is 6. The molecule has 0 aliphatic carbocycles. The third kappa shape index (κ3) is 5.75. The molecule has 5 heterocycles. The maximum Gasteiger partial charge on any atom is 0.274 e. The number of anilines is 3. The molecule has 11 nitrogen and oxygen atoms in total. The molecule has 1 amide bonds. The molecule has 5 aromatic rings. The number of fused-ring (bicyclic) bond motifs is 2. The molecule has 240 valence electrons. The van der Waals surface area contributed by atoms with Crippen molar-refractivity contribution >= 4 is 42.0 Å². The summed E-state index contributed by atoms with van der Waals surface area (Å²) in [7, 11) is 12.5. The number of nitrogens with one attached hydrogen (secondary N) is 2. The Labute approximate surface area is 280 Å². The van der Waals surface area contributed by atoms with Gasteiger partial charge in [-0.05, 0) is 48.9 Å². The monoisotopic (exact) mass is 638 g/mol. The van der Waals surface area contributed by atoms with Crippen LogP contribution in [0.4, 0.5) is 17.1 Å². The number of ether oxygens (including phenoxy) is 1. The average molecular weight is 639 g/mol. The number of carbonyl (C=O) groups is 1. The number of likely N-dealkylation sites (N-methyl/N-ethyl adjacent to an activating group) is 1. The lowest BCUT2D eigenvalue weighted by Crippen LogP contribution is -2.27. The summed E-state index contributed by atoms with van der Waals surface area (Å²) in [5.74, 6) is 1.48. The number of amides is 1. The summed E-state index contributed by atoms with van der Waals surface area (Å²) in [4.78, 5) is 35.2. The zero-order valence-corrected chi connectivity index (χ0v) is 27.4. The van der Waals surface area contributed by atoms with Crippen molar-refractivity contribution in [2.45, 2.75) is 26.4 Å². The molecule has 7 rings (SSSR count). The molecular formula is C36H35BN8O3. The fourth-order valence-corrected chi connectivity index (χ4v) is 6.21. The second-order valence-corrected chi connectivity index (χ2v) is 12.0. The van der Waals surface area contributed by atoms with Crippen molar-refractivity contribution in [2.24, 2.45) is 7.05 Å². The minimum absolute atomic E-state index is 0.236. The number of pyridine rings is 2. The van der Waals surface area contributed by atoms with E-state index in [1.165, 1.54) is 5.69 Å². The molecule has 2 N–H and O–H groups in total. The van der Waals surface area contributed by atoms with Gasteiger partial charge in [0.25, 0.3) is 5.91 Å². The van der Waals surface area contributed by atoms with Crippen molar-refractivity contribution in [1.29, 1.82) is 0 Å². The quantitative estimate of drug-likeness (QED) is 0.235. The zero-order valence-electron chi connectivity index (χ0n) is 27.4. The minimum Gasteiger partial charge on any atom is -0.481 e. The number of imidazole rings is 1. The lowest BCUT2D eigenvalue weighted by atomic mass is 9.84. The molecule has 0 saturated heterocycles. The number of aromatic nitrogens is 4. The van der Waals surface area contributed by atoms with E-state index in [4.69, 9.17) is 22.4 Å². The SMILES string of the molecule is [B]c1c(NC(=C)c2nc3c(n2C)CCN(C)C3)cccc1-c1cccc(NC(=O)c2cc3c(cn2)CN(c2ccnc(OC)c2)O3)c1C. The summed E-state index contributed by atoms with van der Waals surface area (Å²) in [6.07, 6.45) is 4.26. The van der Waals surface area contributed by atoms with Crippen molar-refractivity contribution in [3.63, 3.8) is 0 Å². The summed E-state index contributed by atoms with van der Waals surface area (Å²) in [6, 6.07) is 16.8. The number of benzene rings is 2. The van der Waals surface area contributed by atoms with Crippen LogP contribution in [0, 0.1) is 6.92 Å². The molecular weight excluding hydrogens is 603 g/mol. The number of rotatable bonds is 8. The second-order valence-electron chi connectivity index (χ2n) is 12.0. The minimum atomic E-state index is -0.352. The van der Waals surface area contributed by atoms with E-state index in [1.807, 2.05) is 56.4 Å². The smallest absolute Gasteiger partial charge is 0.274 e. The van der Waals surface area contributed by atoms with Crippen LogP contribution in [0.3, 0.4) is 0 Å². The van der Waals surface area contributed by atoms with Crippen molar-refractivity contribution in [3.05, 3.63) is 108 Å². The van der Waals surface area contributed by atoms with E-state index in [0.717, 1.165) is 64.7 Å². The molecule has 2 aromatic carbocycles. The molecule has 0 saturated carbocycles. The van der Waals surface area contributed by atoms with Crippen molar-refractivity contribution in [3.8, 4) is 22.8 Å². The zero-order chi connectivity index (χ0) is 33.5. The highest BCUT2D eigenvalue weighted by Crippen LogP contribution is 2.34. The number of hydrogen-bond donors (Lipinski definition) is 2. The second kappa shape index (κ2) is 12.5. The van der Waals surface area contributed by atoms with Gasteiger partial charge in [-0.25, -0.2) is 15.0 Å². The van der Waals surface area contributed by atoms with Crippen LogP contribution in [0.5, 0.6) is 11.6 Å². The van der Waals surface area contributed by atoms with Crippen molar-refractivity contribution < 1.29 is 14.4 Å².